The summed E-state index contributed by atoms with van der Waals surface area (Å²) in [5, 5.41) is 4.20. The molecule has 2 aromatic heterocycles. The predicted octanol–water partition coefficient (Wildman–Crippen LogP) is 4.34. The monoisotopic (exact) mass is 318 g/mol. The number of aromatic nitrogens is 3. The molecule has 0 saturated carbocycles. The summed E-state index contributed by atoms with van der Waals surface area (Å²) in [6.45, 7) is 4.24. The van der Waals surface area contributed by atoms with Gasteiger partial charge < -0.3 is 4.74 Å². The number of nitrogens with zero attached hydrogens (tertiary/aromatic N) is 3. The molecule has 4 nitrogen and oxygen atoms in total. The molecule has 0 bridgehead atoms. The van der Waals surface area contributed by atoms with E-state index in [9.17, 15) is 0 Å². The van der Waals surface area contributed by atoms with Crippen LogP contribution in [0.1, 0.15) is 25.5 Å². The van der Waals surface area contributed by atoms with Gasteiger partial charge in [-0.15, -0.1) is 11.3 Å². The second-order valence-electron chi connectivity index (χ2n) is 4.89. The van der Waals surface area contributed by atoms with Crippen LogP contribution in [-0.2, 0) is 0 Å². The van der Waals surface area contributed by atoms with Crippen LogP contribution in [0.5, 0.6) is 5.88 Å². The van der Waals surface area contributed by atoms with Crippen molar-refractivity contribution in [1.82, 2.24) is 15.0 Å². The van der Waals surface area contributed by atoms with Crippen LogP contribution >= 0.6 is 22.9 Å². The average molecular weight is 319 g/mol. The summed E-state index contributed by atoms with van der Waals surface area (Å²) >= 11 is 8.12. The highest BCUT2D eigenvalue weighted by molar-refractivity contribution is 7.13. The molecule has 0 atom stereocenters. The van der Waals surface area contributed by atoms with E-state index in [4.69, 9.17) is 16.3 Å². The van der Waals surface area contributed by atoms with E-state index in [1.807, 2.05) is 12.1 Å². The number of ether oxygens (including phenoxy) is 1. The van der Waals surface area contributed by atoms with Crippen molar-refractivity contribution >= 4 is 33.8 Å². The van der Waals surface area contributed by atoms with Crippen LogP contribution in [0.2, 0.25) is 5.02 Å². The summed E-state index contributed by atoms with van der Waals surface area (Å²) < 4.78 is 5.26. The molecule has 0 saturated heterocycles. The third kappa shape index (κ3) is 2.47. The van der Waals surface area contributed by atoms with E-state index in [0.717, 1.165) is 16.3 Å². The van der Waals surface area contributed by atoms with Gasteiger partial charge in [-0.1, -0.05) is 25.4 Å². The molecule has 0 aliphatic heterocycles. The first kappa shape index (κ1) is 14.2. The van der Waals surface area contributed by atoms with E-state index in [1.54, 1.807) is 18.4 Å². The van der Waals surface area contributed by atoms with Gasteiger partial charge in [-0.05, 0) is 18.1 Å². The predicted molar refractivity (Wildman–Crippen MR) is 85.1 cm³/mol. The van der Waals surface area contributed by atoms with Crippen LogP contribution in [-0.4, -0.2) is 22.1 Å². The third-order valence-corrected chi connectivity index (χ3v) is 4.48. The maximum atomic E-state index is 6.54. The Kier molecular flexibility index (Phi) is 3.78. The molecule has 3 aromatic rings. The molecule has 1 radical (unpaired) electrons. The summed E-state index contributed by atoms with van der Waals surface area (Å²) in [5.74, 6) is 0.814. The molecule has 0 aliphatic rings. The molecule has 0 spiro atoms. The third-order valence-electron chi connectivity index (χ3n) is 3.19. The molecule has 107 valence electrons. The lowest BCUT2D eigenvalue weighted by Gasteiger charge is -2.07. The fourth-order valence-electron chi connectivity index (χ4n) is 2.03. The fourth-order valence-corrected chi connectivity index (χ4v) is 3.43. The number of hydrogen-bond donors (Lipinski definition) is 0. The van der Waals surface area contributed by atoms with Crippen molar-refractivity contribution in [2.45, 2.75) is 19.8 Å². The lowest BCUT2D eigenvalue weighted by Crippen LogP contribution is -1.93. The normalized spacial score (nSPS) is 11.3. The van der Waals surface area contributed by atoms with E-state index in [0.29, 0.717) is 27.7 Å². The summed E-state index contributed by atoms with van der Waals surface area (Å²) in [6, 6.07) is 3.81. The van der Waals surface area contributed by atoms with Gasteiger partial charge in [-0.3, -0.25) is 0 Å². The molecule has 21 heavy (non-hydrogen) atoms. The fraction of sp³-hybridized carbons (Fsp3) is 0.267. The van der Waals surface area contributed by atoms with Crippen molar-refractivity contribution in [3.63, 3.8) is 0 Å². The topological polar surface area (TPSA) is 47.9 Å². The number of thiazole rings is 1. The van der Waals surface area contributed by atoms with Crippen LogP contribution < -0.4 is 4.74 Å². The smallest absolute Gasteiger partial charge is 0.226 e. The lowest BCUT2D eigenvalue weighted by molar-refractivity contribution is 0.402. The Morgan fingerprint density at radius 1 is 1.29 bits per heavy atom. The minimum Gasteiger partial charge on any atom is -0.480 e. The average Bonchev–Trinajstić information content (AvgIpc) is 2.97. The minimum absolute atomic E-state index is 0.390. The maximum absolute atomic E-state index is 6.54. The molecule has 0 N–H and O–H groups in total. The van der Waals surface area contributed by atoms with Crippen LogP contribution in [0, 0.1) is 6.33 Å². The largest absolute Gasteiger partial charge is 0.480 e. The highest BCUT2D eigenvalue weighted by Gasteiger charge is 2.16. The van der Waals surface area contributed by atoms with Crippen molar-refractivity contribution in [2.24, 2.45) is 0 Å². The first-order chi connectivity index (χ1) is 10.1. The molecular formula is C15H13ClN3OS. The standard InChI is InChI=1S/C15H13ClN3OS/c1-8(2)11-6-21-15(19-11)9-4-5-10-12(13(9)16)14(20-3)18-7-17-10/h4-6,8H,1-3H3. The van der Waals surface area contributed by atoms with Gasteiger partial charge in [0, 0.05) is 10.9 Å². The molecule has 0 amide bonds. The van der Waals surface area contributed by atoms with E-state index in [2.05, 4.69) is 40.5 Å². The van der Waals surface area contributed by atoms with Crippen molar-refractivity contribution in [3.8, 4) is 16.5 Å². The number of rotatable bonds is 3. The van der Waals surface area contributed by atoms with Gasteiger partial charge in [0.25, 0.3) is 0 Å². The Bertz CT molecular complexity index is 801. The number of hydrogen-bond acceptors (Lipinski definition) is 5. The lowest BCUT2D eigenvalue weighted by atomic mass is 10.1. The van der Waals surface area contributed by atoms with Crippen LogP contribution in [0.4, 0.5) is 0 Å². The number of benzene rings is 1. The van der Waals surface area contributed by atoms with Crippen molar-refractivity contribution in [3.05, 3.63) is 34.6 Å². The first-order valence-electron chi connectivity index (χ1n) is 6.48. The molecule has 6 heteroatoms. The Labute approximate surface area is 131 Å². The highest BCUT2D eigenvalue weighted by Crippen LogP contribution is 2.38. The Morgan fingerprint density at radius 2 is 2.10 bits per heavy atom. The molecule has 1 aromatic carbocycles. The Hall–Kier alpha value is -1.72. The van der Waals surface area contributed by atoms with Crippen LogP contribution in [0.3, 0.4) is 0 Å². The molecule has 2 heterocycles. The number of halogens is 1. The van der Waals surface area contributed by atoms with E-state index in [1.165, 1.54) is 0 Å². The number of methoxy groups -OCH3 is 1. The van der Waals surface area contributed by atoms with Crippen molar-refractivity contribution in [1.29, 1.82) is 0 Å². The van der Waals surface area contributed by atoms with Crippen molar-refractivity contribution in [2.75, 3.05) is 7.11 Å². The zero-order valence-electron chi connectivity index (χ0n) is 11.8. The van der Waals surface area contributed by atoms with Crippen LogP contribution in [0.15, 0.2) is 17.5 Å². The Morgan fingerprint density at radius 3 is 2.76 bits per heavy atom. The minimum atomic E-state index is 0.390. The quantitative estimate of drug-likeness (QED) is 0.720. The highest BCUT2D eigenvalue weighted by atomic mass is 35.5. The van der Waals surface area contributed by atoms with Gasteiger partial charge in [0.05, 0.1) is 28.7 Å². The van der Waals surface area contributed by atoms with Gasteiger partial charge >= 0.3 is 0 Å². The molecule has 3 rings (SSSR count). The second kappa shape index (κ2) is 5.58. The van der Waals surface area contributed by atoms with Gasteiger partial charge in [-0.25, -0.2) is 9.97 Å². The second-order valence-corrected chi connectivity index (χ2v) is 6.12. The zero-order chi connectivity index (χ0) is 15.0. The van der Waals surface area contributed by atoms with E-state index in [-0.39, 0.29) is 0 Å². The summed E-state index contributed by atoms with van der Waals surface area (Å²) in [7, 11) is 1.55. The van der Waals surface area contributed by atoms with Gasteiger partial charge in [0.1, 0.15) is 5.01 Å². The zero-order valence-corrected chi connectivity index (χ0v) is 13.4. The summed E-state index contributed by atoms with van der Waals surface area (Å²) in [6.07, 6.45) is 2.56. The SMILES string of the molecule is COc1n[c]nc2ccc(-c3nc(C(C)C)cs3)c(Cl)c12. The number of fused-ring (bicyclic) bond motifs is 1. The first-order valence-corrected chi connectivity index (χ1v) is 7.73. The molecule has 0 unspecified atom stereocenters. The molecule has 0 fully saturated rings. The van der Waals surface area contributed by atoms with Gasteiger partial charge in [-0.2, -0.15) is 4.98 Å². The molecule has 0 aliphatic carbocycles. The Balaban J connectivity index is 2.21. The maximum Gasteiger partial charge on any atom is 0.226 e. The van der Waals surface area contributed by atoms with E-state index < -0.39 is 0 Å². The summed E-state index contributed by atoms with van der Waals surface area (Å²) in [5.41, 5.74) is 2.64. The summed E-state index contributed by atoms with van der Waals surface area (Å²) in [4.78, 5) is 12.7. The molecular weight excluding hydrogens is 306 g/mol. The van der Waals surface area contributed by atoms with Gasteiger partial charge in [0.15, 0.2) is 0 Å². The van der Waals surface area contributed by atoms with E-state index >= 15 is 0 Å². The van der Waals surface area contributed by atoms with Crippen LogP contribution in [0.25, 0.3) is 21.5 Å². The van der Waals surface area contributed by atoms with Gasteiger partial charge in [0.2, 0.25) is 12.2 Å². The van der Waals surface area contributed by atoms with Crippen molar-refractivity contribution < 1.29 is 4.74 Å².